The van der Waals surface area contributed by atoms with Gasteiger partial charge in [0.2, 0.25) is 0 Å². The number of rotatable bonds is 6. The first kappa shape index (κ1) is 18.5. The van der Waals surface area contributed by atoms with Crippen molar-refractivity contribution >= 4 is 46.3 Å². The van der Waals surface area contributed by atoms with Gasteiger partial charge in [-0.05, 0) is 17.6 Å². The number of carbonyl (C=O) groups is 1. The normalized spacial score (nSPS) is 10.6. The summed E-state index contributed by atoms with van der Waals surface area (Å²) in [6.07, 6.45) is 3.23. The molecule has 0 unspecified atom stereocenters. The fourth-order valence-corrected chi connectivity index (χ4v) is 3.35. The van der Waals surface area contributed by atoms with Crippen LogP contribution in [0.1, 0.15) is 16.1 Å². The molecule has 0 radical (unpaired) electrons. The Morgan fingerprint density at radius 3 is 2.77 bits per heavy atom. The first-order valence-electron chi connectivity index (χ1n) is 7.37. The Morgan fingerprint density at radius 2 is 2.12 bits per heavy atom. The summed E-state index contributed by atoms with van der Waals surface area (Å²) >= 11 is 12.7. The Morgan fingerprint density at radius 1 is 1.31 bits per heavy atom. The van der Waals surface area contributed by atoms with Crippen molar-refractivity contribution in [3.63, 3.8) is 0 Å². The van der Waals surface area contributed by atoms with E-state index in [2.05, 4.69) is 14.8 Å². The Bertz CT molecular complexity index is 941. The molecule has 7 nitrogen and oxygen atoms in total. The number of ether oxygens (including phenoxy) is 2. The fourth-order valence-electron chi connectivity index (χ4n) is 2.36. The highest BCUT2D eigenvalue weighted by Crippen LogP contribution is 2.31. The minimum absolute atomic E-state index is 0.0869. The number of halogens is 2. The van der Waals surface area contributed by atoms with E-state index in [4.69, 9.17) is 32.7 Å². The van der Waals surface area contributed by atoms with Gasteiger partial charge >= 0.3 is 0 Å². The van der Waals surface area contributed by atoms with Crippen molar-refractivity contribution in [2.24, 2.45) is 0 Å². The van der Waals surface area contributed by atoms with Crippen molar-refractivity contribution in [2.75, 3.05) is 19.5 Å². The van der Waals surface area contributed by atoms with Gasteiger partial charge < -0.3 is 14.8 Å². The minimum atomic E-state index is -0.448. The molecule has 0 atom stereocenters. The molecule has 0 saturated heterocycles. The van der Waals surface area contributed by atoms with E-state index in [1.54, 1.807) is 25.1 Å². The lowest BCUT2D eigenvalue weighted by Crippen LogP contribution is -2.12. The molecule has 0 aliphatic carbocycles. The summed E-state index contributed by atoms with van der Waals surface area (Å²) in [7, 11) is 3.16. The molecule has 136 valence electrons. The van der Waals surface area contributed by atoms with Gasteiger partial charge in [0, 0.05) is 11.8 Å². The van der Waals surface area contributed by atoms with Gasteiger partial charge in [-0.1, -0.05) is 35.3 Å². The number of nitrogens with zero attached hydrogens (tertiary/aromatic N) is 3. The van der Waals surface area contributed by atoms with E-state index in [1.165, 1.54) is 6.20 Å². The predicted molar refractivity (Wildman–Crippen MR) is 101 cm³/mol. The molecule has 10 heteroatoms. The third-order valence-corrected chi connectivity index (χ3v) is 5.13. The van der Waals surface area contributed by atoms with Gasteiger partial charge in [0.25, 0.3) is 5.91 Å². The van der Waals surface area contributed by atoms with Crippen LogP contribution < -0.4 is 14.8 Å². The number of benzene rings is 1. The molecule has 0 saturated carbocycles. The zero-order valence-electron chi connectivity index (χ0n) is 13.8. The maximum atomic E-state index is 12.2. The molecule has 0 fully saturated rings. The van der Waals surface area contributed by atoms with Crippen LogP contribution in [0.3, 0.4) is 0 Å². The third-order valence-electron chi connectivity index (χ3n) is 3.52. The highest BCUT2D eigenvalue weighted by atomic mass is 35.5. The second kappa shape index (κ2) is 7.94. The number of hydrogen-bond acceptors (Lipinski definition) is 6. The van der Waals surface area contributed by atoms with Gasteiger partial charge in [0.05, 0.1) is 32.6 Å². The smallest absolute Gasteiger partial charge is 0.277 e. The Labute approximate surface area is 163 Å². The first-order valence-corrected chi connectivity index (χ1v) is 8.90. The quantitative estimate of drug-likeness (QED) is 0.662. The summed E-state index contributed by atoms with van der Waals surface area (Å²) in [5.74, 6) is 0.831. The highest BCUT2D eigenvalue weighted by molar-refractivity contribution is 7.11. The van der Waals surface area contributed by atoms with E-state index >= 15 is 0 Å². The number of amides is 1. The van der Waals surface area contributed by atoms with Crippen molar-refractivity contribution in [1.29, 1.82) is 0 Å². The molecule has 3 aromatic rings. The van der Waals surface area contributed by atoms with Gasteiger partial charge in [-0.2, -0.15) is 9.47 Å². The van der Waals surface area contributed by atoms with Crippen LogP contribution in [0.4, 0.5) is 5.69 Å². The molecular weight excluding hydrogens is 399 g/mol. The van der Waals surface area contributed by atoms with Crippen molar-refractivity contribution in [1.82, 2.24) is 14.2 Å². The topological polar surface area (TPSA) is 78.3 Å². The number of anilines is 1. The second-order valence-electron chi connectivity index (χ2n) is 5.15. The molecule has 2 heterocycles. The van der Waals surface area contributed by atoms with Crippen molar-refractivity contribution in [2.45, 2.75) is 6.54 Å². The number of aromatic nitrogens is 3. The predicted octanol–water partition coefficient (Wildman–Crippen LogP) is 3.96. The number of carbonyl (C=O) groups excluding carboxylic acids is 1. The zero-order chi connectivity index (χ0) is 18.7. The van der Waals surface area contributed by atoms with Crippen molar-refractivity contribution in [3.8, 4) is 11.5 Å². The second-order valence-corrected chi connectivity index (χ2v) is 6.91. The lowest BCUT2D eigenvalue weighted by Gasteiger charge is -2.12. The average Bonchev–Trinajstić information content (AvgIpc) is 3.21. The van der Waals surface area contributed by atoms with Crippen molar-refractivity contribution < 1.29 is 14.3 Å². The summed E-state index contributed by atoms with van der Waals surface area (Å²) in [5.41, 5.74) is 1.49. The highest BCUT2D eigenvalue weighted by Gasteiger charge is 2.18. The van der Waals surface area contributed by atoms with Crippen LogP contribution >= 0.6 is 34.7 Å². The molecular formula is C16H14Cl2N4O3S. The first-order chi connectivity index (χ1) is 12.5. The molecule has 0 aliphatic rings. The van der Waals surface area contributed by atoms with Crippen LogP contribution in [0.15, 0.2) is 30.6 Å². The number of methoxy groups -OCH3 is 2. The number of hydrogen-bond donors (Lipinski definition) is 1. The zero-order valence-corrected chi connectivity index (χ0v) is 16.2. The van der Waals surface area contributed by atoms with Gasteiger partial charge in [-0.25, -0.2) is 0 Å². The molecule has 1 amide bonds. The summed E-state index contributed by atoms with van der Waals surface area (Å²) in [5, 5.41) is 7.08. The third kappa shape index (κ3) is 3.77. The summed E-state index contributed by atoms with van der Waals surface area (Å²) in [6, 6.07) is 5.61. The van der Waals surface area contributed by atoms with Crippen LogP contribution in [0.2, 0.25) is 9.36 Å². The van der Waals surface area contributed by atoms with Crippen LogP contribution in [0, 0.1) is 0 Å². The maximum absolute atomic E-state index is 12.2. The fraction of sp³-hybridized carbons (Fsp3) is 0.188. The van der Waals surface area contributed by atoms with E-state index in [9.17, 15) is 4.79 Å². The van der Waals surface area contributed by atoms with E-state index in [0.29, 0.717) is 23.7 Å². The van der Waals surface area contributed by atoms with Crippen molar-refractivity contribution in [3.05, 3.63) is 51.2 Å². The molecule has 2 aromatic heterocycles. The maximum Gasteiger partial charge on any atom is 0.277 e. The monoisotopic (exact) mass is 412 g/mol. The lowest BCUT2D eigenvalue weighted by atomic mass is 10.2. The van der Waals surface area contributed by atoms with Crippen LogP contribution in [-0.2, 0) is 6.54 Å². The minimum Gasteiger partial charge on any atom is -0.493 e. The van der Waals surface area contributed by atoms with E-state index in [0.717, 1.165) is 17.1 Å². The molecule has 0 bridgehead atoms. The van der Waals surface area contributed by atoms with Gasteiger partial charge in [0.1, 0.15) is 9.36 Å². The molecule has 0 aliphatic heterocycles. The molecule has 3 rings (SSSR count). The number of nitrogens with one attached hydrogen (secondary N) is 1. The average molecular weight is 413 g/mol. The molecule has 0 spiro atoms. The summed E-state index contributed by atoms with van der Waals surface area (Å²) in [4.78, 5) is 12.2. The summed E-state index contributed by atoms with van der Waals surface area (Å²) in [6.45, 7) is 0.444. The van der Waals surface area contributed by atoms with E-state index in [-0.39, 0.29) is 15.1 Å². The van der Waals surface area contributed by atoms with Crippen LogP contribution in [0.25, 0.3) is 0 Å². The number of para-hydroxylation sites is 1. The van der Waals surface area contributed by atoms with Gasteiger partial charge in [-0.3, -0.25) is 9.48 Å². The Hall–Kier alpha value is -2.29. The van der Waals surface area contributed by atoms with Crippen LogP contribution in [0.5, 0.6) is 11.5 Å². The standard InChI is InChI=1S/C16H14Cl2N4O3S/c1-24-11-5-3-4-9(14(11)25-2)7-22-8-10(6-19-22)20-16(23)13-12(17)15(18)26-21-13/h3-6,8H,7H2,1-2H3,(H,20,23). The Balaban J connectivity index is 1.75. The largest absolute Gasteiger partial charge is 0.493 e. The SMILES string of the molecule is COc1cccc(Cn2cc(NC(=O)c3nsc(Cl)c3Cl)cn2)c1OC. The van der Waals surface area contributed by atoms with Gasteiger partial charge in [-0.15, -0.1) is 0 Å². The Kier molecular flexibility index (Phi) is 5.65. The summed E-state index contributed by atoms with van der Waals surface area (Å²) < 4.78 is 16.6. The van der Waals surface area contributed by atoms with E-state index < -0.39 is 5.91 Å². The lowest BCUT2D eigenvalue weighted by molar-refractivity contribution is 0.102. The van der Waals surface area contributed by atoms with Crippen LogP contribution in [-0.4, -0.2) is 34.3 Å². The van der Waals surface area contributed by atoms with Gasteiger partial charge in [0.15, 0.2) is 17.2 Å². The molecule has 1 aromatic carbocycles. The molecule has 26 heavy (non-hydrogen) atoms. The van der Waals surface area contributed by atoms with E-state index in [1.807, 2.05) is 18.2 Å². The molecule has 1 N–H and O–H groups in total.